The average Bonchev–Trinajstić information content (AvgIpc) is 2.99. The summed E-state index contributed by atoms with van der Waals surface area (Å²) in [5.74, 6) is -2.40. The van der Waals surface area contributed by atoms with E-state index in [1.165, 1.54) is 0 Å². The smallest absolute Gasteiger partial charge is 0.334 e. The van der Waals surface area contributed by atoms with Crippen LogP contribution in [0.1, 0.15) is 33.6 Å². The number of carbonyl (C=O) groups is 2. The number of carbonyl (C=O) groups excluding carboxylic acids is 2. The highest BCUT2D eigenvalue weighted by molar-refractivity contribution is 5.91. The lowest BCUT2D eigenvalue weighted by molar-refractivity contribution is -0.149. The third kappa shape index (κ3) is 2.61. The summed E-state index contributed by atoms with van der Waals surface area (Å²) in [4.78, 5) is 24.0. The van der Waals surface area contributed by atoms with Crippen molar-refractivity contribution in [1.82, 2.24) is 0 Å². The molecule has 26 heavy (non-hydrogen) atoms. The first kappa shape index (κ1) is 19.1. The van der Waals surface area contributed by atoms with Crippen LogP contribution in [0, 0.1) is 17.3 Å². The number of aliphatic hydroxyl groups is 3. The molecule has 7 heteroatoms. The number of allylic oxidation sites excluding steroid dienone is 1. The van der Waals surface area contributed by atoms with Crippen LogP contribution in [0.2, 0.25) is 0 Å². The molecule has 1 aliphatic heterocycles. The van der Waals surface area contributed by atoms with Crippen molar-refractivity contribution < 1.29 is 34.4 Å². The third-order valence-electron chi connectivity index (χ3n) is 6.55. The predicted octanol–water partition coefficient (Wildman–Crippen LogP) is 0.475. The highest BCUT2D eigenvalue weighted by Gasteiger charge is 2.64. The van der Waals surface area contributed by atoms with E-state index in [2.05, 4.69) is 6.58 Å². The van der Waals surface area contributed by atoms with Crippen molar-refractivity contribution in [3.05, 3.63) is 23.8 Å². The number of rotatable bonds is 2. The topological polar surface area (TPSA) is 113 Å². The van der Waals surface area contributed by atoms with Gasteiger partial charge in [0.05, 0.1) is 24.2 Å². The largest absolute Gasteiger partial charge is 0.459 e. The summed E-state index contributed by atoms with van der Waals surface area (Å²) in [5, 5.41) is 32.4. The molecule has 0 aromatic heterocycles. The second-order valence-electron chi connectivity index (χ2n) is 7.81. The molecule has 8 atom stereocenters. The lowest BCUT2D eigenvalue weighted by atomic mass is 9.69. The van der Waals surface area contributed by atoms with Crippen LogP contribution in [0.4, 0.5) is 0 Å². The summed E-state index contributed by atoms with van der Waals surface area (Å²) in [6.45, 7) is 8.76. The zero-order valence-corrected chi connectivity index (χ0v) is 15.2. The van der Waals surface area contributed by atoms with Gasteiger partial charge in [-0.1, -0.05) is 19.6 Å². The van der Waals surface area contributed by atoms with Crippen molar-refractivity contribution in [1.29, 1.82) is 0 Å². The van der Waals surface area contributed by atoms with Crippen molar-refractivity contribution in [2.75, 3.05) is 0 Å². The highest BCUT2D eigenvalue weighted by Crippen LogP contribution is 2.56. The van der Waals surface area contributed by atoms with E-state index in [1.54, 1.807) is 26.8 Å². The van der Waals surface area contributed by atoms with Gasteiger partial charge in [0.2, 0.25) is 0 Å². The second-order valence-corrected chi connectivity index (χ2v) is 7.81. The summed E-state index contributed by atoms with van der Waals surface area (Å²) in [6.07, 6.45) is -2.78. The van der Waals surface area contributed by atoms with Gasteiger partial charge in [0.25, 0.3) is 0 Å². The van der Waals surface area contributed by atoms with Crippen molar-refractivity contribution in [2.24, 2.45) is 17.3 Å². The minimum atomic E-state index is -1.16. The van der Waals surface area contributed by atoms with Gasteiger partial charge in [-0.05, 0) is 20.3 Å². The van der Waals surface area contributed by atoms with E-state index in [1.807, 2.05) is 0 Å². The van der Waals surface area contributed by atoms with Gasteiger partial charge in [-0.15, -0.1) is 0 Å². The molecule has 3 N–H and O–H groups in total. The second kappa shape index (κ2) is 6.48. The van der Waals surface area contributed by atoms with Crippen molar-refractivity contribution in [2.45, 2.75) is 64.1 Å². The fraction of sp³-hybridized carbons (Fsp3) is 0.684. The molecule has 8 unspecified atom stereocenters. The molecule has 0 amide bonds. The number of hydrogen-bond donors (Lipinski definition) is 3. The van der Waals surface area contributed by atoms with E-state index in [-0.39, 0.29) is 18.4 Å². The molecular formula is C19H26O7. The number of aliphatic hydroxyl groups excluding tert-OH is 3. The van der Waals surface area contributed by atoms with Crippen LogP contribution in [0.15, 0.2) is 23.8 Å². The van der Waals surface area contributed by atoms with Crippen molar-refractivity contribution in [3.63, 3.8) is 0 Å². The molecule has 0 aromatic carbocycles. The van der Waals surface area contributed by atoms with E-state index in [0.29, 0.717) is 5.57 Å². The van der Waals surface area contributed by atoms with Crippen LogP contribution in [-0.2, 0) is 19.1 Å². The van der Waals surface area contributed by atoms with E-state index in [4.69, 9.17) is 9.47 Å². The Balaban J connectivity index is 1.95. The van der Waals surface area contributed by atoms with Gasteiger partial charge in [-0.2, -0.15) is 0 Å². The molecule has 2 saturated carbocycles. The fourth-order valence-electron chi connectivity index (χ4n) is 4.66. The van der Waals surface area contributed by atoms with Crippen LogP contribution < -0.4 is 0 Å². The number of esters is 2. The number of fused-ring (bicyclic) bond motifs is 2. The molecule has 7 nitrogen and oxygen atoms in total. The van der Waals surface area contributed by atoms with Crippen LogP contribution in [0.3, 0.4) is 0 Å². The monoisotopic (exact) mass is 366 g/mol. The van der Waals surface area contributed by atoms with Gasteiger partial charge in [0, 0.05) is 28.9 Å². The van der Waals surface area contributed by atoms with Gasteiger partial charge >= 0.3 is 11.9 Å². The Hall–Kier alpha value is -1.70. The first-order chi connectivity index (χ1) is 12.1. The molecule has 1 heterocycles. The zero-order chi connectivity index (χ0) is 19.4. The van der Waals surface area contributed by atoms with Crippen LogP contribution in [0.25, 0.3) is 0 Å². The van der Waals surface area contributed by atoms with E-state index in [9.17, 15) is 24.9 Å². The van der Waals surface area contributed by atoms with Crippen LogP contribution >= 0.6 is 0 Å². The predicted molar refractivity (Wildman–Crippen MR) is 90.7 cm³/mol. The molecule has 2 aliphatic carbocycles. The van der Waals surface area contributed by atoms with Crippen molar-refractivity contribution in [3.8, 4) is 0 Å². The normalized spacial score (nSPS) is 45.6. The first-order valence-corrected chi connectivity index (χ1v) is 8.90. The van der Waals surface area contributed by atoms with E-state index < -0.39 is 59.7 Å². The SMILES string of the molecule is C=C1C(=O)OC2C(O)CC3C(OC(=O)C(C)=CC)CC(O)C3(C)C(O)C12. The molecule has 3 fully saturated rings. The summed E-state index contributed by atoms with van der Waals surface area (Å²) in [7, 11) is 0. The van der Waals surface area contributed by atoms with Gasteiger partial charge in [0.1, 0.15) is 12.2 Å². The zero-order valence-electron chi connectivity index (χ0n) is 15.2. The van der Waals surface area contributed by atoms with Gasteiger partial charge in [-0.25, -0.2) is 9.59 Å². The van der Waals surface area contributed by atoms with Crippen LogP contribution in [0.5, 0.6) is 0 Å². The van der Waals surface area contributed by atoms with Gasteiger partial charge < -0.3 is 24.8 Å². The van der Waals surface area contributed by atoms with Gasteiger partial charge in [-0.3, -0.25) is 0 Å². The summed E-state index contributed by atoms with van der Waals surface area (Å²) in [6, 6.07) is 0. The minimum absolute atomic E-state index is 0.0980. The maximum Gasteiger partial charge on any atom is 0.334 e. The lowest BCUT2D eigenvalue weighted by Crippen LogP contribution is -2.48. The summed E-state index contributed by atoms with van der Waals surface area (Å²) in [5.41, 5.74) is -0.519. The average molecular weight is 366 g/mol. The molecule has 144 valence electrons. The molecule has 1 saturated heterocycles. The molecular weight excluding hydrogens is 340 g/mol. The van der Waals surface area contributed by atoms with Crippen LogP contribution in [-0.4, -0.2) is 57.8 Å². The Morgan fingerprint density at radius 2 is 2.00 bits per heavy atom. The minimum Gasteiger partial charge on any atom is -0.459 e. The maximum atomic E-state index is 12.2. The quantitative estimate of drug-likeness (QED) is 0.481. The molecule has 0 spiro atoms. The van der Waals surface area contributed by atoms with E-state index >= 15 is 0 Å². The summed E-state index contributed by atoms with van der Waals surface area (Å²) >= 11 is 0. The Morgan fingerprint density at radius 3 is 2.62 bits per heavy atom. The number of ether oxygens (including phenoxy) is 2. The molecule has 0 aromatic rings. The summed E-state index contributed by atoms with van der Waals surface area (Å²) < 4.78 is 10.8. The molecule has 0 radical (unpaired) electrons. The Morgan fingerprint density at radius 1 is 1.35 bits per heavy atom. The molecule has 3 aliphatic rings. The Bertz CT molecular complexity index is 669. The molecule has 3 rings (SSSR count). The lowest BCUT2D eigenvalue weighted by Gasteiger charge is -2.39. The first-order valence-electron chi connectivity index (χ1n) is 8.90. The fourth-order valence-corrected chi connectivity index (χ4v) is 4.66. The van der Waals surface area contributed by atoms with Crippen molar-refractivity contribution >= 4 is 11.9 Å². The van der Waals surface area contributed by atoms with Gasteiger partial charge in [0.15, 0.2) is 0 Å². The Kier molecular flexibility index (Phi) is 4.75. The highest BCUT2D eigenvalue weighted by atomic mass is 16.6. The molecule has 0 bridgehead atoms. The Labute approximate surface area is 152 Å². The number of hydrogen-bond acceptors (Lipinski definition) is 7. The van der Waals surface area contributed by atoms with E-state index in [0.717, 1.165) is 0 Å². The maximum absolute atomic E-state index is 12.2. The standard InChI is InChI=1S/C19H26O7/c1-5-8(2)17(23)25-12-7-13(21)19(4)10(12)6-11(20)15-14(16(19)22)9(3)18(24)26-15/h5,10-16,20-22H,3,6-7H2,1-2,4H3. The third-order valence-corrected chi connectivity index (χ3v) is 6.55.